The minimum absolute atomic E-state index is 0.140. The van der Waals surface area contributed by atoms with Crippen LogP contribution in [0.4, 0.5) is 0 Å². The van der Waals surface area contributed by atoms with Crippen LogP contribution in [0.1, 0.15) is 16.8 Å². The number of aryl methyl sites for hydroxylation is 2. The van der Waals surface area contributed by atoms with E-state index in [0.717, 1.165) is 16.8 Å². The maximum absolute atomic E-state index is 12.4. The number of rotatable bonds is 4. The fourth-order valence-corrected chi connectivity index (χ4v) is 4.70. The Labute approximate surface area is 178 Å². The van der Waals surface area contributed by atoms with Gasteiger partial charge >= 0.3 is 0 Å². The Bertz CT molecular complexity index is 1430. The van der Waals surface area contributed by atoms with E-state index >= 15 is 0 Å². The fraction of sp³-hybridized carbons (Fsp3) is 0.190. The Morgan fingerprint density at radius 2 is 1.93 bits per heavy atom. The lowest BCUT2D eigenvalue weighted by atomic mass is 9.99. The van der Waals surface area contributed by atoms with Gasteiger partial charge in [-0.2, -0.15) is 5.10 Å². The summed E-state index contributed by atoms with van der Waals surface area (Å²) >= 11 is 6.47. The molecular weight excluding hydrogens is 424 g/mol. The van der Waals surface area contributed by atoms with Crippen molar-refractivity contribution in [3.05, 3.63) is 74.8 Å². The maximum atomic E-state index is 12.4. The van der Waals surface area contributed by atoms with Crippen molar-refractivity contribution in [3.63, 3.8) is 0 Å². The summed E-state index contributed by atoms with van der Waals surface area (Å²) in [5.41, 5.74) is 3.80. The van der Waals surface area contributed by atoms with Gasteiger partial charge in [-0.15, -0.1) is 0 Å². The summed E-state index contributed by atoms with van der Waals surface area (Å²) in [5.74, 6) is 0.391. The largest absolute Gasteiger partial charge is 0.346 e. The van der Waals surface area contributed by atoms with E-state index in [4.69, 9.17) is 11.6 Å². The number of pyridine rings is 2. The van der Waals surface area contributed by atoms with Crippen LogP contribution >= 0.6 is 11.6 Å². The molecule has 30 heavy (non-hydrogen) atoms. The number of nitrogens with one attached hydrogen (secondary N) is 1. The number of fused-ring (bicyclic) bond motifs is 1. The van der Waals surface area contributed by atoms with Crippen molar-refractivity contribution in [2.45, 2.75) is 19.6 Å². The van der Waals surface area contributed by atoms with Gasteiger partial charge in [0.2, 0.25) is 0 Å². The highest BCUT2D eigenvalue weighted by Crippen LogP contribution is 2.33. The third kappa shape index (κ3) is 3.88. The number of benzene rings is 1. The Kier molecular flexibility index (Phi) is 4.99. The van der Waals surface area contributed by atoms with Gasteiger partial charge in [0.15, 0.2) is 21.1 Å². The summed E-state index contributed by atoms with van der Waals surface area (Å²) in [5, 5.41) is 5.24. The topological polar surface area (TPSA) is 97.7 Å². The average Bonchev–Trinajstić information content (AvgIpc) is 3.09. The zero-order valence-electron chi connectivity index (χ0n) is 16.6. The normalized spacial score (nSPS) is 11.9. The van der Waals surface area contributed by atoms with Gasteiger partial charge in [0.1, 0.15) is 5.65 Å². The zero-order valence-corrected chi connectivity index (χ0v) is 18.2. The quantitative estimate of drug-likeness (QED) is 0.520. The molecule has 1 aromatic carbocycles. The highest BCUT2D eigenvalue weighted by atomic mass is 35.5. The first-order valence-electron chi connectivity index (χ1n) is 9.14. The first-order chi connectivity index (χ1) is 14.1. The lowest BCUT2D eigenvalue weighted by Crippen LogP contribution is -2.08. The molecule has 0 atom stereocenters. The van der Waals surface area contributed by atoms with Crippen LogP contribution in [0.25, 0.3) is 28.0 Å². The molecule has 3 heterocycles. The molecule has 0 saturated heterocycles. The third-order valence-corrected chi connectivity index (χ3v) is 5.95. The van der Waals surface area contributed by atoms with Crippen LogP contribution in [-0.2, 0) is 15.6 Å². The minimum Gasteiger partial charge on any atom is -0.346 e. The van der Waals surface area contributed by atoms with Crippen molar-refractivity contribution < 1.29 is 8.42 Å². The third-order valence-electron chi connectivity index (χ3n) is 4.80. The van der Waals surface area contributed by atoms with Crippen LogP contribution < -0.4 is 5.43 Å². The Balaban J connectivity index is 2.00. The van der Waals surface area contributed by atoms with E-state index in [1.807, 2.05) is 26.0 Å². The number of sulfone groups is 1. The van der Waals surface area contributed by atoms with E-state index in [-0.39, 0.29) is 11.2 Å². The van der Waals surface area contributed by atoms with Crippen molar-refractivity contribution in [1.29, 1.82) is 0 Å². The van der Waals surface area contributed by atoms with E-state index in [1.165, 1.54) is 12.3 Å². The van der Waals surface area contributed by atoms with Crippen molar-refractivity contribution in [1.82, 2.24) is 19.7 Å². The predicted octanol–water partition coefficient (Wildman–Crippen LogP) is 3.59. The van der Waals surface area contributed by atoms with Crippen LogP contribution in [0.2, 0.25) is 5.02 Å². The van der Waals surface area contributed by atoms with Gasteiger partial charge in [-0.25, -0.2) is 18.1 Å². The second kappa shape index (κ2) is 7.37. The lowest BCUT2D eigenvalue weighted by Gasteiger charge is -2.14. The summed E-state index contributed by atoms with van der Waals surface area (Å²) in [4.78, 5) is 20.0. The van der Waals surface area contributed by atoms with Crippen LogP contribution in [0.3, 0.4) is 0 Å². The molecular formula is C21H19ClN4O3S. The Hall–Kier alpha value is -2.97. The van der Waals surface area contributed by atoms with Gasteiger partial charge in [0, 0.05) is 35.3 Å². The molecule has 0 aliphatic heterocycles. The van der Waals surface area contributed by atoms with Crippen molar-refractivity contribution in [2.75, 3.05) is 6.26 Å². The van der Waals surface area contributed by atoms with Gasteiger partial charge in [-0.05, 0) is 48.7 Å². The molecule has 0 aliphatic rings. The van der Waals surface area contributed by atoms with Gasteiger partial charge in [0.05, 0.1) is 16.8 Å². The molecule has 0 fully saturated rings. The zero-order chi connectivity index (χ0) is 21.6. The maximum Gasteiger partial charge on any atom is 0.191 e. The fourth-order valence-electron chi connectivity index (χ4n) is 3.38. The molecule has 154 valence electrons. The van der Waals surface area contributed by atoms with Gasteiger partial charge in [-0.3, -0.25) is 4.79 Å². The summed E-state index contributed by atoms with van der Waals surface area (Å²) in [6.45, 7) is 3.69. The number of halogens is 1. The number of aromatic nitrogens is 4. The minimum atomic E-state index is -3.24. The average molecular weight is 443 g/mol. The molecule has 9 heteroatoms. The number of aromatic amines is 1. The lowest BCUT2D eigenvalue weighted by molar-refractivity contribution is 0.601. The molecule has 0 saturated carbocycles. The van der Waals surface area contributed by atoms with Crippen LogP contribution in [0, 0.1) is 13.8 Å². The summed E-state index contributed by atoms with van der Waals surface area (Å²) < 4.78 is 25.2. The Morgan fingerprint density at radius 3 is 2.57 bits per heavy atom. The summed E-state index contributed by atoms with van der Waals surface area (Å²) in [7, 11) is -3.24. The van der Waals surface area contributed by atoms with Gasteiger partial charge in [-0.1, -0.05) is 17.7 Å². The second-order valence-corrected chi connectivity index (χ2v) is 9.87. The van der Waals surface area contributed by atoms with E-state index in [9.17, 15) is 13.2 Å². The first-order valence-corrected chi connectivity index (χ1v) is 11.6. The van der Waals surface area contributed by atoms with E-state index in [2.05, 4.69) is 15.1 Å². The van der Waals surface area contributed by atoms with Crippen LogP contribution in [0.5, 0.6) is 0 Å². The molecule has 0 unspecified atom stereocenters. The van der Waals surface area contributed by atoms with Gasteiger partial charge in [0.25, 0.3) is 0 Å². The van der Waals surface area contributed by atoms with Crippen molar-refractivity contribution >= 4 is 32.5 Å². The van der Waals surface area contributed by atoms with Crippen molar-refractivity contribution in [3.8, 4) is 16.9 Å². The van der Waals surface area contributed by atoms with Crippen LogP contribution in [-0.4, -0.2) is 34.4 Å². The monoisotopic (exact) mass is 442 g/mol. The smallest absolute Gasteiger partial charge is 0.191 e. The Morgan fingerprint density at radius 1 is 1.17 bits per heavy atom. The number of hydrogen-bond acceptors (Lipinski definition) is 5. The van der Waals surface area contributed by atoms with E-state index in [1.54, 1.807) is 29.2 Å². The number of nitrogens with zero attached hydrogens (tertiary/aromatic N) is 3. The molecule has 4 aromatic rings. The highest BCUT2D eigenvalue weighted by molar-refractivity contribution is 7.89. The molecule has 1 N–H and O–H groups in total. The molecule has 0 aliphatic carbocycles. The van der Waals surface area contributed by atoms with Gasteiger partial charge < -0.3 is 4.98 Å². The molecule has 7 nitrogen and oxygen atoms in total. The molecule has 4 rings (SSSR count). The van der Waals surface area contributed by atoms with Crippen LogP contribution in [0.15, 0.2) is 47.5 Å². The van der Waals surface area contributed by atoms with Crippen molar-refractivity contribution in [2.24, 2.45) is 0 Å². The number of hydrogen-bond donors (Lipinski definition) is 1. The molecule has 0 radical (unpaired) electrons. The second-order valence-electron chi connectivity index (χ2n) is 7.32. The molecule has 0 amide bonds. The number of H-pyrrole nitrogens is 1. The van der Waals surface area contributed by atoms with E-state index in [0.29, 0.717) is 33.0 Å². The molecule has 0 spiro atoms. The summed E-state index contributed by atoms with van der Waals surface area (Å²) in [6.07, 6.45) is 4.52. The first kappa shape index (κ1) is 20.3. The highest BCUT2D eigenvalue weighted by Gasteiger charge is 2.18. The molecule has 3 aromatic heterocycles. The predicted molar refractivity (Wildman–Crippen MR) is 118 cm³/mol. The summed E-state index contributed by atoms with van der Waals surface area (Å²) in [6, 6.07) is 8.62. The standard InChI is InChI=1S/C21H19ClN4O3S/c1-12-8-14(9-18(22)17(12)11-30(3,28)29)15-10-16-19(27)4-6-23-20(16)24-21(15)26-7-5-13(2)25-26/h4-10H,11H2,1-3H3,(H,23,24,27). The SMILES string of the molecule is Cc1ccn(-c2nc3[nH]ccc(=O)c3cc2-c2cc(C)c(CS(C)(=O)=O)c(Cl)c2)n1. The van der Waals surface area contributed by atoms with E-state index < -0.39 is 9.84 Å². The molecule has 0 bridgehead atoms.